The molecule has 4 aliphatic rings. The second-order valence-electron chi connectivity index (χ2n) is 8.04. The number of piperidine rings is 1. The Kier molecular flexibility index (Phi) is 3.18. The molecular weight excluding hydrogens is 260 g/mol. The van der Waals surface area contributed by atoms with Crippen LogP contribution < -0.4 is 0 Å². The van der Waals surface area contributed by atoms with Crippen LogP contribution >= 0.6 is 0 Å². The number of hydrogen-bond donors (Lipinski definition) is 0. The summed E-state index contributed by atoms with van der Waals surface area (Å²) in [4.78, 5) is 17.7. The molecular formula is C18H28N2O. The van der Waals surface area contributed by atoms with E-state index in [1.807, 2.05) is 0 Å². The van der Waals surface area contributed by atoms with Gasteiger partial charge in [0.05, 0.1) is 0 Å². The molecule has 0 N–H and O–H groups in total. The predicted octanol–water partition coefficient (Wildman–Crippen LogP) is 2.53. The zero-order valence-electron chi connectivity index (χ0n) is 13.4. The average Bonchev–Trinajstić information content (AvgIpc) is 3.13. The molecule has 21 heavy (non-hydrogen) atoms. The Labute approximate surface area is 128 Å². The van der Waals surface area contributed by atoms with E-state index >= 15 is 0 Å². The van der Waals surface area contributed by atoms with Gasteiger partial charge in [-0.05, 0) is 69.9 Å². The van der Waals surface area contributed by atoms with Gasteiger partial charge in [-0.2, -0.15) is 0 Å². The van der Waals surface area contributed by atoms with Crippen LogP contribution in [0.25, 0.3) is 0 Å². The molecule has 116 valence electrons. The largest absolute Gasteiger partial charge is 0.338 e. The van der Waals surface area contributed by atoms with Gasteiger partial charge >= 0.3 is 0 Å². The number of likely N-dealkylation sites (tertiary alicyclic amines) is 1. The molecule has 1 amide bonds. The van der Waals surface area contributed by atoms with Gasteiger partial charge < -0.3 is 9.80 Å². The smallest absolute Gasteiger partial charge is 0.226 e. The lowest BCUT2D eigenvalue weighted by molar-refractivity contribution is -0.140. The standard InChI is InChI=1S/C18H28N2O/c1-19(2)12-14-5-3-4-10-20(14)17(21)15-11-13-6-7-16(15)18(13)8-9-18/h6-7,13-16H,3-5,8-12H2,1-2H3. The van der Waals surface area contributed by atoms with E-state index in [0.29, 0.717) is 35.1 Å². The molecule has 0 aromatic rings. The van der Waals surface area contributed by atoms with Crippen LogP contribution in [0.3, 0.4) is 0 Å². The third-order valence-electron chi connectivity index (χ3n) is 6.53. The monoisotopic (exact) mass is 288 g/mol. The first-order valence-electron chi connectivity index (χ1n) is 8.75. The van der Waals surface area contributed by atoms with Crippen LogP contribution in [0.1, 0.15) is 38.5 Å². The maximum absolute atomic E-state index is 13.2. The first-order valence-corrected chi connectivity index (χ1v) is 8.75. The second-order valence-corrected chi connectivity index (χ2v) is 8.04. The highest BCUT2D eigenvalue weighted by Crippen LogP contribution is 2.70. The van der Waals surface area contributed by atoms with Crippen molar-refractivity contribution in [2.24, 2.45) is 23.2 Å². The minimum absolute atomic E-state index is 0.297. The Morgan fingerprint density at radius 3 is 2.76 bits per heavy atom. The van der Waals surface area contributed by atoms with Gasteiger partial charge in [0.1, 0.15) is 0 Å². The molecule has 4 atom stereocenters. The van der Waals surface area contributed by atoms with Gasteiger partial charge in [-0.1, -0.05) is 12.2 Å². The predicted molar refractivity (Wildman–Crippen MR) is 83.8 cm³/mol. The summed E-state index contributed by atoms with van der Waals surface area (Å²) in [5, 5.41) is 0. The topological polar surface area (TPSA) is 23.6 Å². The Hall–Kier alpha value is -0.830. The zero-order chi connectivity index (χ0) is 14.6. The van der Waals surface area contributed by atoms with Crippen LogP contribution in [0.2, 0.25) is 0 Å². The molecule has 3 aliphatic carbocycles. The quantitative estimate of drug-likeness (QED) is 0.745. The molecule has 2 saturated carbocycles. The number of carbonyl (C=O) groups is 1. The number of carbonyl (C=O) groups excluding carboxylic acids is 1. The van der Waals surface area contributed by atoms with E-state index in [1.54, 1.807) is 0 Å². The number of rotatable bonds is 3. The van der Waals surface area contributed by atoms with Gasteiger partial charge in [-0.3, -0.25) is 4.79 Å². The summed E-state index contributed by atoms with van der Waals surface area (Å²) in [7, 11) is 4.24. The van der Waals surface area contributed by atoms with Gasteiger partial charge in [0.15, 0.2) is 0 Å². The fraction of sp³-hybridized carbons (Fsp3) is 0.833. The van der Waals surface area contributed by atoms with Crippen molar-refractivity contribution in [2.45, 2.75) is 44.6 Å². The van der Waals surface area contributed by atoms with E-state index in [2.05, 4.69) is 36.0 Å². The average molecular weight is 288 g/mol. The summed E-state index contributed by atoms with van der Waals surface area (Å²) in [5.74, 6) is 2.06. The van der Waals surface area contributed by atoms with Gasteiger partial charge in [-0.15, -0.1) is 0 Å². The summed E-state index contributed by atoms with van der Waals surface area (Å²) in [6.07, 6.45) is 12.3. The first-order chi connectivity index (χ1) is 10.1. The Bertz CT molecular complexity index is 466. The SMILES string of the molecule is CN(C)CC1CCCCN1C(=O)C1CC2C=CC1C21CC1. The van der Waals surface area contributed by atoms with Crippen molar-refractivity contribution in [2.75, 3.05) is 27.2 Å². The molecule has 2 bridgehead atoms. The molecule has 4 rings (SSSR count). The molecule has 1 saturated heterocycles. The molecule has 1 heterocycles. The fourth-order valence-electron chi connectivity index (χ4n) is 5.37. The number of nitrogens with zero attached hydrogens (tertiary/aromatic N) is 2. The summed E-state index contributed by atoms with van der Waals surface area (Å²) in [5.41, 5.74) is 0.535. The summed E-state index contributed by atoms with van der Waals surface area (Å²) in [6, 6.07) is 0.444. The Morgan fingerprint density at radius 1 is 1.29 bits per heavy atom. The summed E-state index contributed by atoms with van der Waals surface area (Å²) in [6.45, 7) is 2.01. The maximum atomic E-state index is 13.2. The van der Waals surface area contributed by atoms with Crippen molar-refractivity contribution in [3.05, 3.63) is 12.2 Å². The second kappa shape index (κ2) is 4.84. The van der Waals surface area contributed by atoms with E-state index in [-0.39, 0.29) is 0 Å². The lowest BCUT2D eigenvalue weighted by Crippen LogP contribution is -2.51. The Balaban J connectivity index is 1.50. The number of amides is 1. The van der Waals surface area contributed by atoms with Crippen LogP contribution in [-0.2, 0) is 4.79 Å². The minimum Gasteiger partial charge on any atom is -0.338 e. The Morgan fingerprint density at radius 2 is 2.10 bits per heavy atom. The maximum Gasteiger partial charge on any atom is 0.226 e. The van der Waals surface area contributed by atoms with Gasteiger partial charge in [0, 0.05) is 25.0 Å². The van der Waals surface area contributed by atoms with Gasteiger partial charge in [0.2, 0.25) is 5.91 Å². The van der Waals surface area contributed by atoms with Crippen LogP contribution in [-0.4, -0.2) is 48.9 Å². The van der Waals surface area contributed by atoms with Crippen molar-refractivity contribution in [1.82, 2.24) is 9.80 Å². The van der Waals surface area contributed by atoms with Crippen molar-refractivity contribution < 1.29 is 4.79 Å². The van der Waals surface area contributed by atoms with E-state index < -0.39 is 0 Å². The number of allylic oxidation sites excluding steroid dienone is 2. The van der Waals surface area contributed by atoms with Crippen molar-refractivity contribution in [3.63, 3.8) is 0 Å². The summed E-state index contributed by atoms with van der Waals surface area (Å²) < 4.78 is 0. The normalized spacial score (nSPS) is 39.5. The molecule has 0 radical (unpaired) electrons. The third-order valence-corrected chi connectivity index (χ3v) is 6.53. The fourth-order valence-corrected chi connectivity index (χ4v) is 5.37. The van der Waals surface area contributed by atoms with Crippen molar-refractivity contribution >= 4 is 5.91 Å². The van der Waals surface area contributed by atoms with Crippen molar-refractivity contribution in [3.8, 4) is 0 Å². The van der Waals surface area contributed by atoms with E-state index in [4.69, 9.17) is 0 Å². The van der Waals surface area contributed by atoms with Crippen LogP contribution in [0.15, 0.2) is 12.2 Å². The van der Waals surface area contributed by atoms with Crippen LogP contribution in [0, 0.1) is 23.2 Å². The lowest BCUT2D eigenvalue weighted by atomic mass is 9.87. The number of hydrogen-bond acceptors (Lipinski definition) is 2. The van der Waals surface area contributed by atoms with E-state index in [0.717, 1.165) is 19.5 Å². The highest BCUT2D eigenvalue weighted by molar-refractivity contribution is 5.81. The van der Waals surface area contributed by atoms with Gasteiger partial charge in [0.25, 0.3) is 0 Å². The zero-order valence-corrected chi connectivity index (χ0v) is 13.4. The molecule has 3 nitrogen and oxygen atoms in total. The third kappa shape index (κ3) is 2.08. The molecule has 1 aliphatic heterocycles. The molecule has 3 fully saturated rings. The van der Waals surface area contributed by atoms with E-state index in [1.165, 1.54) is 32.1 Å². The summed E-state index contributed by atoms with van der Waals surface area (Å²) >= 11 is 0. The molecule has 1 spiro atoms. The molecule has 0 aromatic heterocycles. The lowest BCUT2D eigenvalue weighted by Gasteiger charge is -2.39. The van der Waals surface area contributed by atoms with E-state index in [9.17, 15) is 4.79 Å². The van der Waals surface area contributed by atoms with Gasteiger partial charge in [-0.25, -0.2) is 0 Å². The highest BCUT2D eigenvalue weighted by atomic mass is 16.2. The minimum atomic E-state index is 0.297. The van der Waals surface area contributed by atoms with Crippen LogP contribution in [0.5, 0.6) is 0 Å². The number of likely N-dealkylation sites (N-methyl/N-ethyl adjacent to an activating group) is 1. The molecule has 3 heteroatoms. The molecule has 4 unspecified atom stereocenters. The van der Waals surface area contributed by atoms with Crippen molar-refractivity contribution in [1.29, 1.82) is 0 Å². The molecule has 0 aromatic carbocycles. The highest BCUT2D eigenvalue weighted by Gasteiger charge is 2.64. The van der Waals surface area contributed by atoms with Crippen LogP contribution in [0.4, 0.5) is 0 Å². The first kappa shape index (κ1) is 13.8.